The fraction of sp³-hybridized carbons (Fsp3) is 0.545. The van der Waals surface area contributed by atoms with E-state index in [1.807, 2.05) is 12.1 Å². The zero-order chi connectivity index (χ0) is 11.2. The molecular formula is C11H17N3O2. The van der Waals surface area contributed by atoms with Gasteiger partial charge in [-0.2, -0.15) is 0 Å². The van der Waals surface area contributed by atoms with Gasteiger partial charge in [-0.1, -0.05) is 0 Å². The molecule has 5 nitrogen and oxygen atoms in total. The Morgan fingerprint density at radius 1 is 1.56 bits per heavy atom. The van der Waals surface area contributed by atoms with Gasteiger partial charge in [0.1, 0.15) is 6.10 Å². The molecule has 1 aromatic rings. The molecule has 1 unspecified atom stereocenters. The first-order valence-corrected chi connectivity index (χ1v) is 5.53. The van der Waals surface area contributed by atoms with Gasteiger partial charge in [0.25, 0.3) is 0 Å². The number of hydrogen-bond acceptors (Lipinski definition) is 5. The summed E-state index contributed by atoms with van der Waals surface area (Å²) >= 11 is 0. The molecule has 0 aromatic carbocycles. The van der Waals surface area contributed by atoms with Crippen molar-refractivity contribution < 1.29 is 9.84 Å². The van der Waals surface area contributed by atoms with Crippen molar-refractivity contribution in [3.05, 3.63) is 24.0 Å². The first-order valence-electron chi connectivity index (χ1n) is 5.53. The van der Waals surface area contributed by atoms with Gasteiger partial charge in [-0.05, 0) is 12.1 Å². The molecule has 0 aliphatic carbocycles. The molecule has 0 radical (unpaired) electrons. The number of aliphatic hydroxyl groups excluding tert-OH is 1. The van der Waals surface area contributed by atoms with Crippen molar-refractivity contribution >= 4 is 5.69 Å². The monoisotopic (exact) mass is 223 g/mol. The minimum Gasteiger partial charge on any atom is -0.395 e. The van der Waals surface area contributed by atoms with Crippen LogP contribution in [0.3, 0.4) is 0 Å². The molecule has 2 rings (SSSR count). The van der Waals surface area contributed by atoms with Gasteiger partial charge in [0.15, 0.2) is 0 Å². The van der Waals surface area contributed by atoms with Crippen molar-refractivity contribution in [3.63, 3.8) is 0 Å². The van der Waals surface area contributed by atoms with Crippen LogP contribution in [-0.2, 0) is 4.74 Å². The van der Waals surface area contributed by atoms with Crippen LogP contribution in [-0.4, -0.2) is 42.9 Å². The second-order valence-electron chi connectivity index (χ2n) is 3.69. The molecule has 88 valence electrons. The van der Waals surface area contributed by atoms with E-state index in [1.165, 1.54) is 0 Å². The van der Waals surface area contributed by atoms with Gasteiger partial charge in [-0.15, -0.1) is 0 Å². The lowest BCUT2D eigenvalue weighted by Crippen LogP contribution is -2.33. The van der Waals surface area contributed by atoms with E-state index < -0.39 is 0 Å². The van der Waals surface area contributed by atoms with Crippen molar-refractivity contribution in [2.45, 2.75) is 6.10 Å². The van der Waals surface area contributed by atoms with E-state index in [0.29, 0.717) is 6.54 Å². The summed E-state index contributed by atoms with van der Waals surface area (Å²) in [7, 11) is 0. The maximum atomic E-state index is 8.67. The Kier molecular flexibility index (Phi) is 4.10. The molecular weight excluding hydrogens is 206 g/mol. The summed E-state index contributed by atoms with van der Waals surface area (Å²) < 4.78 is 5.60. The Balaban J connectivity index is 1.95. The maximum Gasteiger partial charge on any atom is 0.112 e. The van der Waals surface area contributed by atoms with Crippen LogP contribution in [0, 0.1) is 0 Å². The SMILES string of the molecule is OCCNc1ccc(C2CNCCO2)nc1. The highest BCUT2D eigenvalue weighted by Crippen LogP contribution is 2.17. The Morgan fingerprint density at radius 2 is 2.50 bits per heavy atom. The van der Waals surface area contributed by atoms with E-state index >= 15 is 0 Å². The summed E-state index contributed by atoms with van der Waals surface area (Å²) in [6, 6.07) is 3.91. The van der Waals surface area contributed by atoms with Crippen molar-refractivity contribution in [2.24, 2.45) is 0 Å². The number of nitrogens with one attached hydrogen (secondary N) is 2. The van der Waals surface area contributed by atoms with Gasteiger partial charge >= 0.3 is 0 Å². The smallest absolute Gasteiger partial charge is 0.112 e. The number of aromatic nitrogens is 1. The summed E-state index contributed by atoms with van der Waals surface area (Å²) in [5.41, 5.74) is 1.86. The molecule has 2 heterocycles. The minimum atomic E-state index is 0.0561. The lowest BCUT2D eigenvalue weighted by atomic mass is 10.2. The topological polar surface area (TPSA) is 66.4 Å². The number of anilines is 1. The summed E-state index contributed by atoms with van der Waals surface area (Å²) in [6.07, 6.45) is 1.82. The number of morpholine rings is 1. The Morgan fingerprint density at radius 3 is 3.12 bits per heavy atom. The highest BCUT2D eigenvalue weighted by Gasteiger charge is 2.16. The standard InChI is InChI=1S/C11H17N3O2/c15-5-3-13-9-1-2-10(14-7-9)11-8-12-4-6-16-11/h1-2,7,11-13,15H,3-6,8H2. The van der Waals surface area contributed by atoms with E-state index in [0.717, 1.165) is 31.1 Å². The van der Waals surface area contributed by atoms with Crippen LogP contribution in [0.5, 0.6) is 0 Å². The van der Waals surface area contributed by atoms with Crippen molar-refractivity contribution in [1.82, 2.24) is 10.3 Å². The van der Waals surface area contributed by atoms with Crippen molar-refractivity contribution in [1.29, 1.82) is 0 Å². The van der Waals surface area contributed by atoms with Crippen LogP contribution in [0.15, 0.2) is 18.3 Å². The lowest BCUT2D eigenvalue weighted by molar-refractivity contribution is 0.0250. The molecule has 1 fully saturated rings. The number of nitrogens with zero attached hydrogens (tertiary/aromatic N) is 1. The Hall–Kier alpha value is -1.17. The summed E-state index contributed by atoms with van der Waals surface area (Å²) in [6.45, 7) is 3.12. The highest BCUT2D eigenvalue weighted by molar-refractivity contribution is 5.41. The zero-order valence-electron chi connectivity index (χ0n) is 9.15. The molecule has 1 aromatic heterocycles. The molecule has 0 spiro atoms. The van der Waals surface area contributed by atoms with Crippen molar-refractivity contribution in [3.8, 4) is 0 Å². The molecule has 16 heavy (non-hydrogen) atoms. The number of aliphatic hydroxyl groups is 1. The second kappa shape index (κ2) is 5.79. The molecule has 3 N–H and O–H groups in total. The number of pyridine rings is 1. The first-order chi connectivity index (χ1) is 7.90. The quantitative estimate of drug-likeness (QED) is 0.678. The maximum absolute atomic E-state index is 8.67. The van der Waals surface area contributed by atoms with Crippen molar-refractivity contribution in [2.75, 3.05) is 38.2 Å². The molecule has 1 aliphatic heterocycles. The van der Waals surface area contributed by atoms with E-state index in [1.54, 1.807) is 6.20 Å². The largest absolute Gasteiger partial charge is 0.395 e. The van der Waals surface area contributed by atoms with Gasteiger partial charge in [0, 0.05) is 19.6 Å². The third kappa shape index (κ3) is 2.91. The van der Waals surface area contributed by atoms with E-state index in [-0.39, 0.29) is 12.7 Å². The fourth-order valence-electron chi connectivity index (χ4n) is 1.66. The molecule has 5 heteroatoms. The molecule has 0 amide bonds. The molecule has 0 bridgehead atoms. The number of rotatable bonds is 4. The van der Waals surface area contributed by atoms with E-state index in [9.17, 15) is 0 Å². The predicted molar refractivity (Wildman–Crippen MR) is 61.4 cm³/mol. The summed E-state index contributed by atoms with van der Waals surface area (Å²) in [4.78, 5) is 4.35. The summed E-state index contributed by atoms with van der Waals surface area (Å²) in [5.74, 6) is 0. The molecule has 1 aliphatic rings. The number of hydrogen-bond donors (Lipinski definition) is 3. The Bertz CT molecular complexity index is 310. The van der Waals surface area contributed by atoms with E-state index in [4.69, 9.17) is 9.84 Å². The molecule has 1 atom stereocenters. The average Bonchev–Trinajstić information content (AvgIpc) is 2.38. The Labute approximate surface area is 94.8 Å². The molecule has 1 saturated heterocycles. The van der Waals surface area contributed by atoms with Gasteiger partial charge in [-0.3, -0.25) is 4.98 Å². The van der Waals surface area contributed by atoms with Gasteiger partial charge < -0.3 is 20.5 Å². The normalized spacial score (nSPS) is 20.7. The fourth-order valence-corrected chi connectivity index (χ4v) is 1.66. The molecule has 0 saturated carbocycles. The van der Waals surface area contributed by atoms with Gasteiger partial charge in [0.2, 0.25) is 0 Å². The van der Waals surface area contributed by atoms with Crippen LogP contribution in [0.2, 0.25) is 0 Å². The average molecular weight is 223 g/mol. The predicted octanol–water partition coefficient (Wildman–Crippen LogP) is 0.147. The van der Waals surface area contributed by atoms with Crippen LogP contribution >= 0.6 is 0 Å². The minimum absolute atomic E-state index is 0.0561. The highest BCUT2D eigenvalue weighted by atomic mass is 16.5. The lowest BCUT2D eigenvalue weighted by Gasteiger charge is -2.23. The van der Waals surface area contributed by atoms with Crippen LogP contribution in [0.25, 0.3) is 0 Å². The summed E-state index contributed by atoms with van der Waals surface area (Å²) in [5, 5.41) is 15.0. The van der Waals surface area contributed by atoms with Crippen LogP contribution in [0.4, 0.5) is 5.69 Å². The zero-order valence-corrected chi connectivity index (χ0v) is 9.15. The van der Waals surface area contributed by atoms with E-state index in [2.05, 4.69) is 15.6 Å². The van der Waals surface area contributed by atoms with Crippen LogP contribution in [0.1, 0.15) is 11.8 Å². The number of ether oxygens (including phenoxy) is 1. The second-order valence-corrected chi connectivity index (χ2v) is 3.69. The third-order valence-electron chi connectivity index (χ3n) is 2.48. The third-order valence-corrected chi connectivity index (χ3v) is 2.48. The first kappa shape index (κ1) is 11.3. The van der Waals surface area contributed by atoms with Crippen LogP contribution < -0.4 is 10.6 Å². The van der Waals surface area contributed by atoms with Gasteiger partial charge in [0.05, 0.1) is 30.8 Å². The van der Waals surface area contributed by atoms with Gasteiger partial charge in [-0.25, -0.2) is 0 Å².